The molecule has 9 aromatic rings. The van der Waals surface area contributed by atoms with Gasteiger partial charge in [-0.25, -0.2) is 0 Å². The quantitative estimate of drug-likeness (QED) is 0.175. The second kappa shape index (κ2) is 10.4. The van der Waals surface area contributed by atoms with Gasteiger partial charge in [-0.1, -0.05) is 54.6 Å². The zero-order valence-corrected chi connectivity index (χ0v) is 34.6. The molecule has 6 fully saturated rings. The Labute approximate surface area is 359 Å². The lowest BCUT2D eigenvalue weighted by Gasteiger charge is -2.48. The van der Waals surface area contributed by atoms with Gasteiger partial charge >= 0.3 is 0 Å². The summed E-state index contributed by atoms with van der Waals surface area (Å²) in [4.78, 5) is 0. The molecule has 6 saturated carbocycles. The van der Waals surface area contributed by atoms with Crippen molar-refractivity contribution in [3.63, 3.8) is 0 Å². The monoisotopic (exact) mass is 797 g/mol. The number of rotatable bonds is 2. The zero-order chi connectivity index (χ0) is 40.1. The van der Waals surface area contributed by atoms with Gasteiger partial charge in [-0.15, -0.1) is 0 Å². The summed E-state index contributed by atoms with van der Waals surface area (Å²) in [5.74, 6) is 5.24. The number of fused-ring (bicyclic) bond motifs is 21. The molecular formula is C58H43N3O. The van der Waals surface area contributed by atoms with Crippen LogP contribution in [0.2, 0.25) is 0 Å². The molecule has 0 saturated heterocycles. The van der Waals surface area contributed by atoms with Crippen LogP contribution in [-0.4, -0.2) is 4.40 Å². The fraction of sp³-hybridized carbons (Fsp3) is 0.345. The Bertz CT molecular complexity index is 3540. The number of hydrogen-bond acceptors (Lipinski definition) is 3. The molecule has 0 amide bonds. The van der Waals surface area contributed by atoms with Crippen LogP contribution in [0.5, 0.6) is 0 Å². The highest BCUT2D eigenvalue weighted by atomic mass is 16.3. The molecule has 296 valence electrons. The number of nitrogens with zero attached hydrogens (tertiary/aromatic N) is 3. The van der Waals surface area contributed by atoms with Crippen molar-refractivity contribution < 1.29 is 4.42 Å². The lowest BCUT2D eigenvalue weighted by molar-refractivity contribution is 0.00321. The summed E-state index contributed by atoms with van der Waals surface area (Å²) in [5, 5.41) is 30.0. The van der Waals surface area contributed by atoms with Crippen molar-refractivity contribution in [2.24, 2.45) is 34.5 Å². The van der Waals surface area contributed by atoms with Gasteiger partial charge in [0.05, 0.1) is 39.8 Å². The second-order valence-electron chi connectivity index (χ2n) is 21.9. The Kier molecular flexibility index (Phi) is 5.46. The molecule has 0 N–H and O–H groups in total. The van der Waals surface area contributed by atoms with Crippen molar-refractivity contribution in [1.29, 1.82) is 10.5 Å². The average molecular weight is 798 g/mol. The van der Waals surface area contributed by atoms with Crippen molar-refractivity contribution in [3.05, 3.63) is 124 Å². The fourth-order valence-electron chi connectivity index (χ4n) is 18.2. The van der Waals surface area contributed by atoms with E-state index >= 15 is 0 Å². The van der Waals surface area contributed by atoms with E-state index < -0.39 is 0 Å². The van der Waals surface area contributed by atoms with Crippen LogP contribution in [0, 0.1) is 57.2 Å². The summed E-state index contributed by atoms with van der Waals surface area (Å²) >= 11 is 0. The van der Waals surface area contributed by atoms with E-state index in [0.29, 0.717) is 34.5 Å². The van der Waals surface area contributed by atoms with Gasteiger partial charge in [0.15, 0.2) is 0 Å². The van der Waals surface area contributed by atoms with Crippen LogP contribution in [0.25, 0.3) is 82.3 Å². The second-order valence-corrected chi connectivity index (χ2v) is 21.9. The van der Waals surface area contributed by atoms with Gasteiger partial charge in [0.25, 0.3) is 0 Å². The topological polar surface area (TPSA) is 65.1 Å². The predicted octanol–water partition coefficient (Wildman–Crippen LogP) is 14.6. The number of nitriles is 2. The number of aromatic nitrogens is 1. The van der Waals surface area contributed by atoms with Crippen LogP contribution >= 0.6 is 0 Å². The molecule has 4 heteroatoms. The van der Waals surface area contributed by atoms with Crippen molar-refractivity contribution in [3.8, 4) is 34.4 Å². The van der Waals surface area contributed by atoms with Crippen molar-refractivity contribution >= 4 is 60.0 Å². The molecule has 0 radical (unpaired) electrons. The molecule has 0 aliphatic heterocycles. The minimum atomic E-state index is 0.470. The SMILES string of the molecule is N#Cc1cc2c(c3c1C1CC4CC5CC3CC45C1)c1cc(-c3ccc4c(oc5ccccc54)c3-c3ccccc3)cc3c4c5c(c(C#N)cc4n2c13)C1CC2CC3CC5CC23C1. The largest absolute Gasteiger partial charge is 0.455 e. The molecule has 17 rings (SSSR count). The summed E-state index contributed by atoms with van der Waals surface area (Å²) < 4.78 is 9.44. The molecule has 4 nitrogen and oxygen atoms in total. The van der Waals surface area contributed by atoms with Gasteiger partial charge in [0.1, 0.15) is 11.2 Å². The molecule has 62 heavy (non-hydrogen) atoms. The van der Waals surface area contributed by atoms with Gasteiger partial charge in [0.2, 0.25) is 0 Å². The van der Waals surface area contributed by atoms with Crippen molar-refractivity contribution in [2.45, 2.75) is 87.9 Å². The summed E-state index contributed by atoms with van der Waals surface area (Å²) in [5.41, 5.74) is 18.8. The standard InChI is InChI=1S/C58H43N3O/c59-26-34-18-45-53(51-32-14-38-20-36-12-30(48(34)51)22-57(36,38)24-32)43-16-29(40-10-11-42-41-8-4-5-9-47(41)62-56(42)50(40)28-6-2-1-3-7-28)17-44-54-46(61(45)55(43)44)19-35(27-60)49-31-13-37-21-39-15-33(52(49)54)25-58(37,39)23-31/h1-11,16-19,30-33,36-39H,12-15,20-25H2. The molecule has 2 spiro atoms. The average Bonchev–Trinajstić information content (AvgIpc) is 4.14. The highest BCUT2D eigenvalue weighted by Gasteiger charge is 2.67. The summed E-state index contributed by atoms with van der Waals surface area (Å²) in [7, 11) is 0. The van der Waals surface area contributed by atoms with E-state index in [4.69, 9.17) is 4.42 Å². The molecule has 6 bridgehead atoms. The van der Waals surface area contributed by atoms with E-state index in [0.717, 1.165) is 67.9 Å². The van der Waals surface area contributed by atoms with Crippen LogP contribution in [-0.2, 0) is 0 Å². The Morgan fingerprint density at radius 1 is 0.516 bits per heavy atom. The Morgan fingerprint density at radius 2 is 1.05 bits per heavy atom. The Balaban J connectivity index is 1.06. The number of para-hydroxylation sites is 1. The summed E-state index contributed by atoms with van der Waals surface area (Å²) in [6.45, 7) is 0. The maximum absolute atomic E-state index is 11.2. The lowest BCUT2D eigenvalue weighted by Crippen LogP contribution is -2.41. The summed E-state index contributed by atoms with van der Waals surface area (Å²) in [6.07, 6.45) is 12.9. The van der Waals surface area contributed by atoms with Crippen LogP contribution in [0.3, 0.4) is 0 Å². The maximum Gasteiger partial charge on any atom is 0.143 e. The molecule has 3 heterocycles. The first-order chi connectivity index (χ1) is 30.5. The van der Waals surface area contributed by atoms with E-state index in [1.165, 1.54) is 136 Å². The lowest BCUT2D eigenvalue weighted by atomic mass is 9.56. The van der Waals surface area contributed by atoms with Crippen molar-refractivity contribution in [1.82, 2.24) is 4.40 Å². The smallest absolute Gasteiger partial charge is 0.143 e. The van der Waals surface area contributed by atoms with E-state index in [-0.39, 0.29) is 0 Å². The molecule has 10 unspecified atom stereocenters. The van der Waals surface area contributed by atoms with Crippen LogP contribution in [0.4, 0.5) is 0 Å². The highest BCUT2D eigenvalue weighted by Crippen LogP contribution is 2.78. The third-order valence-corrected chi connectivity index (χ3v) is 20.1. The molecule has 10 atom stereocenters. The molecule has 8 aliphatic rings. The zero-order valence-electron chi connectivity index (χ0n) is 34.6. The highest BCUT2D eigenvalue weighted by molar-refractivity contribution is 6.27. The van der Waals surface area contributed by atoms with Crippen molar-refractivity contribution in [2.75, 3.05) is 0 Å². The Morgan fingerprint density at radius 3 is 1.61 bits per heavy atom. The first-order valence-electron chi connectivity index (χ1n) is 23.7. The number of hydrogen-bond donors (Lipinski definition) is 0. The van der Waals surface area contributed by atoms with E-state index in [1.54, 1.807) is 0 Å². The first-order valence-corrected chi connectivity index (χ1v) is 23.7. The minimum absolute atomic E-state index is 0.470. The van der Waals surface area contributed by atoms with Gasteiger partial charge in [-0.2, -0.15) is 10.5 Å². The van der Waals surface area contributed by atoms with E-state index in [1.807, 2.05) is 0 Å². The van der Waals surface area contributed by atoms with Gasteiger partial charge in [0, 0.05) is 37.9 Å². The van der Waals surface area contributed by atoms with Crippen LogP contribution < -0.4 is 0 Å². The van der Waals surface area contributed by atoms with Gasteiger partial charge in [-0.3, -0.25) is 0 Å². The third kappa shape index (κ3) is 3.42. The van der Waals surface area contributed by atoms with Gasteiger partial charge in [-0.05, 0) is 198 Å². The predicted molar refractivity (Wildman–Crippen MR) is 245 cm³/mol. The number of benzene rings is 6. The summed E-state index contributed by atoms with van der Waals surface area (Å²) in [6, 6.07) is 39.3. The normalized spacial score (nSPS) is 32.6. The molecule has 3 aromatic heterocycles. The number of furan rings is 1. The molecule has 6 aromatic carbocycles. The van der Waals surface area contributed by atoms with Crippen LogP contribution in [0.15, 0.2) is 95.4 Å². The maximum atomic E-state index is 11.2. The van der Waals surface area contributed by atoms with E-state index in [2.05, 4.69) is 108 Å². The Hall–Kier alpha value is -6.10. The first kappa shape index (κ1) is 32.6. The van der Waals surface area contributed by atoms with E-state index in [9.17, 15) is 10.5 Å². The third-order valence-electron chi connectivity index (χ3n) is 20.1. The van der Waals surface area contributed by atoms with Crippen LogP contribution in [0.1, 0.15) is 121 Å². The molecular weight excluding hydrogens is 755 g/mol. The van der Waals surface area contributed by atoms with Gasteiger partial charge < -0.3 is 8.82 Å². The minimum Gasteiger partial charge on any atom is -0.455 e. The molecule has 8 aliphatic carbocycles. The fourth-order valence-corrected chi connectivity index (χ4v) is 18.2.